The van der Waals surface area contributed by atoms with Crippen molar-refractivity contribution in [1.82, 2.24) is 9.62 Å². The number of hydrogen-bond donors (Lipinski definition) is 1. The van der Waals surface area contributed by atoms with Gasteiger partial charge in [0.15, 0.2) is 0 Å². The summed E-state index contributed by atoms with van der Waals surface area (Å²) >= 11 is 0. The van der Waals surface area contributed by atoms with Gasteiger partial charge in [0.2, 0.25) is 0 Å². The molecule has 30 heavy (non-hydrogen) atoms. The fourth-order valence-electron chi connectivity index (χ4n) is 4.27. The Kier molecular flexibility index (Phi) is 8.03. The van der Waals surface area contributed by atoms with Gasteiger partial charge >= 0.3 is 5.97 Å². The zero-order chi connectivity index (χ0) is 21.6. The molecule has 5 nitrogen and oxygen atoms in total. The van der Waals surface area contributed by atoms with E-state index < -0.39 is 11.0 Å². The number of allylic oxidation sites excluding steroid dienone is 3. The summed E-state index contributed by atoms with van der Waals surface area (Å²) in [5.74, 6) is -0.215. The fraction of sp³-hybridized carbons (Fsp3) is 0.542. The van der Waals surface area contributed by atoms with E-state index >= 15 is 0 Å². The molecule has 2 aliphatic rings. The van der Waals surface area contributed by atoms with Gasteiger partial charge in [0.05, 0.1) is 18.6 Å². The highest BCUT2D eigenvalue weighted by atomic mass is 32.2. The second kappa shape index (κ2) is 10.5. The molecule has 1 saturated carbocycles. The largest absolute Gasteiger partial charge is 0.468 e. The van der Waals surface area contributed by atoms with Gasteiger partial charge in [0, 0.05) is 18.0 Å². The molecule has 1 aromatic rings. The van der Waals surface area contributed by atoms with Crippen LogP contribution < -0.4 is 4.72 Å². The number of ether oxygens (including phenoxy) is 1. The first-order valence-corrected chi connectivity index (χ1v) is 12.0. The van der Waals surface area contributed by atoms with E-state index in [9.17, 15) is 9.00 Å². The van der Waals surface area contributed by atoms with Crippen molar-refractivity contribution in [3.8, 4) is 0 Å². The monoisotopic (exact) mass is 430 g/mol. The Hall–Kier alpha value is -1.76. The Labute approximate surface area is 183 Å². The van der Waals surface area contributed by atoms with Crippen LogP contribution in [0.4, 0.5) is 0 Å². The molecule has 0 radical (unpaired) electrons. The number of likely N-dealkylation sites (N-methyl/N-ethyl adjacent to an activating group) is 1. The van der Waals surface area contributed by atoms with Crippen LogP contribution in [-0.4, -0.2) is 48.4 Å². The second-order valence-electron chi connectivity index (χ2n) is 8.85. The van der Waals surface area contributed by atoms with Gasteiger partial charge in [-0.3, -0.25) is 9.69 Å². The number of methoxy groups -OCH3 is 1. The normalized spacial score (nSPS) is 23.3. The summed E-state index contributed by atoms with van der Waals surface area (Å²) in [5.41, 5.74) is 2.30. The van der Waals surface area contributed by atoms with E-state index in [2.05, 4.69) is 42.0 Å². The minimum absolute atomic E-state index is 0.0162. The average Bonchev–Trinajstić information content (AvgIpc) is 2.74. The minimum Gasteiger partial charge on any atom is -0.468 e. The summed E-state index contributed by atoms with van der Waals surface area (Å²) in [5, 5.41) is 0. The van der Waals surface area contributed by atoms with Gasteiger partial charge in [-0.15, -0.1) is 0 Å². The second-order valence-corrected chi connectivity index (χ2v) is 10.1. The van der Waals surface area contributed by atoms with Crippen molar-refractivity contribution in [1.29, 1.82) is 0 Å². The van der Waals surface area contributed by atoms with Gasteiger partial charge in [0.25, 0.3) is 0 Å². The molecule has 6 heteroatoms. The molecule has 164 valence electrons. The molecule has 3 rings (SSSR count). The van der Waals surface area contributed by atoms with E-state index in [1.165, 1.54) is 31.9 Å². The van der Waals surface area contributed by atoms with Crippen molar-refractivity contribution >= 4 is 22.5 Å². The average molecular weight is 431 g/mol. The predicted molar refractivity (Wildman–Crippen MR) is 122 cm³/mol. The van der Waals surface area contributed by atoms with Crippen LogP contribution in [0.25, 0.3) is 5.57 Å². The molecule has 1 aromatic carbocycles. The van der Waals surface area contributed by atoms with E-state index in [-0.39, 0.29) is 11.4 Å². The number of nitrogens with one attached hydrogen (secondary N) is 1. The van der Waals surface area contributed by atoms with E-state index in [4.69, 9.17) is 4.74 Å². The molecular weight excluding hydrogens is 396 g/mol. The summed E-state index contributed by atoms with van der Waals surface area (Å²) in [7, 11) is 2.21. The first-order chi connectivity index (χ1) is 14.4. The summed E-state index contributed by atoms with van der Waals surface area (Å²) in [6.07, 6.45) is 13.5. The summed E-state index contributed by atoms with van der Waals surface area (Å²) in [4.78, 5) is 14.3. The molecule has 2 unspecified atom stereocenters. The summed E-state index contributed by atoms with van der Waals surface area (Å²) < 4.78 is 20.7. The summed E-state index contributed by atoms with van der Waals surface area (Å²) in [6.45, 7) is 3.28. The molecule has 2 atom stereocenters. The Morgan fingerprint density at radius 2 is 1.93 bits per heavy atom. The van der Waals surface area contributed by atoms with E-state index in [1.54, 1.807) is 0 Å². The van der Waals surface area contributed by atoms with Crippen LogP contribution in [0.15, 0.2) is 47.4 Å². The van der Waals surface area contributed by atoms with Crippen LogP contribution in [0, 0.1) is 5.41 Å². The van der Waals surface area contributed by atoms with Gasteiger partial charge in [-0.05, 0) is 49.6 Å². The molecule has 1 fully saturated rings. The Morgan fingerprint density at radius 3 is 2.53 bits per heavy atom. The number of carbonyl (C=O) groups is 1. The van der Waals surface area contributed by atoms with Crippen molar-refractivity contribution in [3.63, 3.8) is 0 Å². The third-order valence-electron chi connectivity index (χ3n) is 5.99. The van der Waals surface area contributed by atoms with Crippen LogP contribution >= 0.6 is 0 Å². The van der Waals surface area contributed by atoms with Crippen LogP contribution in [0.2, 0.25) is 0 Å². The zero-order valence-corrected chi connectivity index (χ0v) is 19.2. The molecular formula is C24H34N2O3S. The van der Waals surface area contributed by atoms with Crippen LogP contribution in [0.1, 0.15) is 51.0 Å². The van der Waals surface area contributed by atoms with Crippen molar-refractivity contribution in [2.45, 2.75) is 56.4 Å². The quantitative estimate of drug-likeness (QED) is 0.631. The lowest BCUT2D eigenvalue weighted by Gasteiger charge is -2.32. The van der Waals surface area contributed by atoms with Gasteiger partial charge in [0.1, 0.15) is 11.0 Å². The molecule has 0 bridgehead atoms. The van der Waals surface area contributed by atoms with E-state index in [0.29, 0.717) is 12.6 Å². The lowest BCUT2D eigenvalue weighted by atomic mass is 9.80. The maximum atomic E-state index is 12.6. The van der Waals surface area contributed by atoms with Crippen molar-refractivity contribution in [3.05, 3.63) is 48.1 Å². The van der Waals surface area contributed by atoms with E-state index in [1.807, 2.05) is 24.1 Å². The van der Waals surface area contributed by atoms with E-state index in [0.717, 1.165) is 36.3 Å². The molecule has 0 saturated heterocycles. The number of carbonyl (C=O) groups excluding carboxylic acids is 1. The number of benzene rings is 1. The van der Waals surface area contributed by atoms with Gasteiger partial charge in [-0.25, -0.2) is 8.93 Å². The molecule has 2 aliphatic carbocycles. The third kappa shape index (κ3) is 6.37. The molecule has 0 aromatic heterocycles. The Bertz CT molecular complexity index is 812. The highest BCUT2D eigenvalue weighted by Crippen LogP contribution is 2.33. The first kappa shape index (κ1) is 22.9. The zero-order valence-electron chi connectivity index (χ0n) is 18.4. The number of hydrogen-bond acceptors (Lipinski definition) is 4. The maximum absolute atomic E-state index is 12.6. The molecule has 0 amide bonds. The highest BCUT2D eigenvalue weighted by Gasteiger charge is 2.25. The molecule has 0 heterocycles. The third-order valence-corrected chi connectivity index (χ3v) is 7.24. The maximum Gasteiger partial charge on any atom is 0.319 e. The molecule has 0 aliphatic heterocycles. The first-order valence-electron chi connectivity index (χ1n) is 10.8. The number of rotatable bonds is 8. The SMILES string of the molecule is COC(=O)CN(C)CC1(C)C=CC(c2ccc(S(=O)NC3CCCCC3)cc2)=CC1. The fourth-order valence-corrected chi connectivity index (χ4v) is 5.33. The predicted octanol–water partition coefficient (Wildman–Crippen LogP) is 4.09. The molecule has 0 spiro atoms. The highest BCUT2D eigenvalue weighted by molar-refractivity contribution is 7.83. The van der Waals surface area contributed by atoms with Crippen LogP contribution in [-0.2, 0) is 20.5 Å². The minimum atomic E-state index is -1.15. The molecule has 1 N–H and O–H groups in total. The van der Waals surface area contributed by atoms with Crippen LogP contribution in [0.3, 0.4) is 0 Å². The Morgan fingerprint density at radius 1 is 1.23 bits per heavy atom. The topological polar surface area (TPSA) is 58.6 Å². The lowest BCUT2D eigenvalue weighted by Crippen LogP contribution is -2.36. The van der Waals surface area contributed by atoms with Gasteiger partial charge in [-0.2, -0.15) is 0 Å². The van der Waals surface area contributed by atoms with Crippen molar-refractivity contribution in [2.75, 3.05) is 27.2 Å². The van der Waals surface area contributed by atoms with Crippen LogP contribution in [0.5, 0.6) is 0 Å². The standard InChI is InChI=1S/C24H34N2O3S/c1-24(18-26(2)17-23(27)29-3)15-13-20(14-16-24)19-9-11-22(12-10-19)30(28)25-21-7-5-4-6-8-21/h9-15,21,25H,4-8,16-18H2,1-3H3. The Balaban J connectivity index is 1.56. The summed E-state index contributed by atoms with van der Waals surface area (Å²) in [6, 6.07) is 8.41. The number of nitrogens with zero attached hydrogens (tertiary/aromatic N) is 1. The van der Waals surface area contributed by atoms with Gasteiger partial charge < -0.3 is 4.74 Å². The van der Waals surface area contributed by atoms with Crippen molar-refractivity contribution < 1.29 is 13.7 Å². The lowest BCUT2D eigenvalue weighted by molar-refractivity contribution is -0.141. The smallest absolute Gasteiger partial charge is 0.319 e. The number of esters is 1. The van der Waals surface area contributed by atoms with Gasteiger partial charge in [-0.1, -0.05) is 56.5 Å². The van der Waals surface area contributed by atoms with Crippen molar-refractivity contribution in [2.24, 2.45) is 5.41 Å².